The number of aliphatic hydroxyl groups excluding tert-OH is 1. The van der Waals surface area contributed by atoms with Crippen LogP contribution in [0.3, 0.4) is 0 Å². The summed E-state index contributed by atoms with van der Waals surface area (Å²) in [5.74, 6) is -0.601. The summed E-state index contributed by atoms with van der Waals surface area (Å²) in [7, 11) is 1.52. The molecule has 0 saturated carbocycles. The summed E-state index contributed by atoms with van der Waals surface area (Å²) in [6.45, 7) is 6.23. The van der Waals surface area contributed by atoms with Gasteiger partial charge >= 0.3 is 0 Å². The molecule has 0 bridgehead atoms. The Kier molecular flexibility index (Phi) is 6.63. The van der Waals surface area contributed by atoms with Gasteiger partial charge in [0.1, 0.15) is 5.75 Å². The highest BCUT2D eigenvalue weighted by Crippen LogP contribution is 2.43. The van der Waals surface area contributed by atoms with Crippen LogP contribution in [0, 0.1) is 0 Å². The number of benzene rings is 2. The minimum atomic E-state index is -0.795. The second-order valence-electron chi connectivity index (χ2n) is 8.54. The van der Waals surface area contributed by atoms with Crippen LogP contribution in [0.25, 0.3) is 11.0 Å². The molecular formula is C27H29NO6. The fourth-order valence-corrected chi connectivity index (χ4v) is 4.28. The number of aliphatic hydroxyl groups is 1. The van der Waals surface area contributed by atoms with Gasteiger partial charge in [0.25, 0.3) is 5.91 Å². The third kappa shape index (κ3) is 4.14. The smallest absolute Gasteiger partial charge is 0.290 e. The Morgan fingerprint density at radius 1 is 1.15 bits per heavy atom. The SMILES string of the molecule is CCCCN1C(=O)C(O)=C(C(=O)c2cc3cccc(OC)c3o2)C1c1ccccc1OC(C)C. The van der Waals surface area contributed by atoms with Crippen molar-refractivity contribution in [2.75, 3.05) is 13.7 Å². The van der Waals surface area contributed by atoms with E-state index in [-0.39, 0.29) is 17.4 Å². The number of fused-ring (bicyclic) bond motifs is 1. The van der Waals surface area contributed by atoms with Crippen LogP contribution in [0.4, 0.5) is 0 Å². The number of Topliss-reactive ketones (excluding diaryl/α,β-unsaturated/α-hetero) is 1. The van der Waals surface area contributed by atoms with Crippen molar-refractivity contribution in [3.8, 4) is 11.5 Å². The second kappa shape index (κ2) is 9.63. The number of para-hydroxylation sites is 2. The molecule has 178 valence electrons. The fourth-order valence-electron chi connectivity index (χ4n) is 4.28. The summed E-state index contributed by atoms with van der Waals surface area (Å²) >= 11 is 0. The summed E-state index contributed by atoms with van der Waals surface area (Å²) in [6.07, 6.45) is 1.47. The lowest BCUT2D eigenvalue weighted by atomic mass is 9.94. The summed E-state index contributed by atoms with van der Waals surface area (Å²) in [4.78, 5) is 28.4. The van der Waals surface area contributed by atoms with E-state index in [0.717, 1.165) is 12.8 Å². The molecule has 0 aliphatic carbocycles. The van der Waals surface area contributed by atoms with E-state index in [2.05, 4.69) is 0 Å². The highest BCUT2D eigenvalue weighted by molar-refractivity contribution is 6.16. The summed E-state index contributed by atoms with van der Waals surface area (Å²) < 4.78 is 17.2. The molecule has 34 heavy (non-hydrogen) atoms. The summed E-state index contributed by atoms with van der Waals surface area (Å²) in [6, 6.07) is 13.5. The molecule has 1 amide bonds. The van der Waals surface area contributed by atoms with Crippen LogP contribution in [0.5, 0.6) is 11.5 Å². The summed E-state index contributed by atoms with van der Waals surface area (Å²) in [5, 5.41) is 11.6. The molecule has 2 aromatic carbocycles. The number of unbranched alkanes of at least 4 members (excludes halogenated alkanes) is 1. The average Bonchev–Trinajstić information content (AvgIpc) is 3.37. The van der Waals surface area contributed by atoms with Gasteiger partial charge in [-0.2, -0.15) is 0 Å². The fraction of sp³-hybridized carbons (Fsp3) is 0.333. The zero-order valence-corrected chi connectivity index (χ0v) is 19.8. The van der Waals surface area contributed by atoms with E-state index in [1.54, 1.807) is 24.3 Å². The molecule has 7 heteroatoms. The van der Waals surface area contributed by atoms with Crippen molar-refractivity contribution in [2.24, 2.45) is 0 Å². The predicted octanol–water partition coefficient (Wildman–Crippen LogP) is 5.61. The zero-order chi connectivity index (χ0) is 24.4. The first-order valence-corrected chi connectivity index (χ1v) is 11.5. The maximum atomic E-state index is 13.7. The zero-order valence-electron chi connectivity index (χ0n) is 19.8. The molecule has 2 heterocycles. The van der Waals surface area contributed by atoms with Crippen LogP contribution in [-0.2, 0) is 4.79 Å². The highest BCUT2D eigenvalue weighted by Gasteiger charge is 2.45. The van der Waals surface area contributed by atoms with Gasteiger partial charge in [0.05, 0.1) is 24.8 Å². The van der Waals surface area contributed by atoms with Crippen molar-refractivity contribution in [1.82, 2.24) is 4.90 Å². The molecule has 1 aromatic heterocycles. The van der Waals surface area contributed by atoms with Crippen LogP contribution >= 0.6 is 0 Å². The molecule has 7 nitrogen and oxygen atoms in total. The molecule has 3 aromatic rings. The molecule has 1 N–H and O–H groups in total. The minimum absolute atomic E-state index is 0.0149. The van der Waals surface area contributed by atoms with Gasteiger partial charge < -0.3 is 23.9 Å². The van der Waals surface area contributed by atoms with Gasteiger partial charge in [0, 0.05) is 17.5 Å². The van der Waals surface area contributed by atoms with Gasteiger partial charge in [0.2, 0.25) is 5.78 Å². The lowest BCUT2D eigenvalue weighted by Gasteiger charge is -2.28. The molecular weight excluding hydrogens is 434 g/mol. The Balaban J connectivity index is 1.84. The number of carbonyl (C=O) groups excluding carboxylic acids is 2. The normalized spacial score (nSPS) is 16.1. The van der Waals surface area contributed by atoms with Crippen molar-refractivity contribution < 1.29 is 28.6 Å². The molecule has 1 aliphatic heterocycles. The molecule has 1 aliphatic rings. The molecule has 4 rings (SSSR count). The van der Waals surface area contributed by atoms with Gasteiger partial charge in [0.15, 0.2) is 22.9 Å². The van der Waals surface area contributed by atoms with Gasteiger partial charge in [-0.25, -0.2) is 0 Å². The maximum Gasteiger partial charge on any atom is 0.290 e. The number of amides is 1. The standard InChI is InChI=1S/C27H29NO6/c1-5-6-14-28-23(18-11-7-8-12-19(18)33-16(2)3)22(25(30)27(28)31)24(29)21-15-17-10-9-13-20(32-4)26(17)34-21/h7-13,15-16,23,30H,5-6,14H2,1-4H3. The van der Waals surface area contributed by atoms with Gasteiger partial charge in [-0.05, 0) is 38.5 Å². The number of carbonyl (C=O) groups is 2. The Hall–Kier alpha value is -3.74. The van der Waals surface area contributed by atoms with E-state index in [1.807, 2.05) is 45.0 Å². The van der Waals surface area contributed by atoms with Crippen molar-refractivity contribution in [2.45, 2.75) is 45.8 Å². The van der Waals surface area contributed by atoms with Gasteiger partial charge in [-0.3, -0.25) is 9.59 Å². The quantitative estimate of drug-likeness (QED) is 0.415. The molecule has 0 radical (unpaired) electrons. The van der Waals surface area contributed by atoms with E-state index in [9.17, 15) is 14.7 Å². The van der Waals surface area contributed by atoms with E-state index in [1.165, 1.54) is 12.0 Å². The monoisotopic (exact) mass is 463 g/mol. The van der Waals surface area contributed by atoms with Crippen LogP contribution in [0.1, 0.15) is 55.8 Å². The Morgan fingerprint density at radius 2 is 1.88 bits per heavy atom. The predicted molar refractivity (Wildman–Crippen MR) is 128 cm³/mol. The Bertz CT molecular complexity index is 1250. The van der Waals surface area contributed by atoms with Crippen LogP contribution in [0.15, 0.2) is 64.3 Å². The minimum Gasteiger partial charge on any atom is -0.503 e. The number of furan rings is 1. The first-order chi connectivity index (χ1) is 16.4. The van der Waals surface area contributed by atoms with E-state index < -0.39 is 23.5 Å². The van der Waals surface area contributed by atoms with Crippen LogP contribution in [0.2, 0.25) is 0 Å². The molecule has 1 unspecified atom stereocenters. The van der Waals surface area contributed by atoms with Gasteiger partial charge in [-0.1, -0.05) is 43.7 Å². The number of ketones is 1. The average molecular weight is 464 g/mol. The van der Waals surface area contributed by atoms with Crippen molar-refractivity contribution in [3.05, 3.63) is 71.2 Å². The number of rotatable bonds is 9. The van der Waals surface area contributed by atoms with Crippen molar-refractivity contribution in [1.29, 1.82) is 0 Å². The van der Waals surface area contributed by atoms with Crippen LogP contribution in [-0.4, -0.2) is 41.5 Å². The van der Waals surface area contributed by atoms with E-state index >= 15 is 0 Å². The molecule has 0 fully saturated rings. The molecule has 0 spiro atoms. The van der Waals surface area contributed by atoms with E-state index in [0.29, 0.717) is 34.6 Å². The molecule has 0 saturated heterocycles. The van der Waals surface area contributed by atoms with E-state index in [4.69, 9.17) is 13.9 Å². The Morgan fingerprint density at radius 3 is 2.59 bits per heavy atom. The topological polar surface area (TPSA) is 89.2 Å². The lowest BCUT2D eigenvalue weighted by molar-refractivity contribution is -0.129. The first kappa shape index (κ1) is 23.4. The van der Waals surface area contributed by atoms with Crippen molar-refractivity contribution in [3.63, 3.8) is 0 Å². The number of hydrogen-bond acceptors (Lipinski definition) is 6. The third-order valence-corrected chi connectivity index (χ3v) is 5.83. The number of methoxy groups -OCH3 is 1. The maximum absolute atomic E-state index is 13.7. The van der Waals surface area contributed by atoms with Crippen molar-refractivity contribution >= 4 is 22.7 Å². The largest absolute Gasteiger partial charge is 0.503 e. The first-order valence-electron chi connectivity index (χ1n) is 11.5. The number of ether oxygens (including phenoxy) is 2. The number of nitrogens with zero attached hydrogens (tertiary/aromatic N) is 1. The second-order valence-corrected chi connectivity index (χ2v) is 8.54. The highest BCUT2D eigenvalue weighted by atomic mass is 16.5. The van der Waals surface area contributed by atoms with Gasteiger partial charge in [-0.15, -0.1) is 0 Å². The van der Waals surface area contributed by atoms with Crippen LogP contribution < -0.4 is 9.47 Å². The lowest BCUT2D eigenvalue weighted by Crippen LogP contribution is -2.32. The Labute approximate surface area is 198 Å². The summed E-state index contributed by atoms with van der Waals surface area (Å²) in [5.41, 5.74) is 1.06. The third-order valence-electron chi connectivity index (χ3n) is 5.83. The molecule has 1 atom stereocenters. The number of hydrogen-bond donors (Lipinski definition) is 1.